The Hall–Kier alpha value is -2.57. The molecule has 1 rings (SSSR count). The van der Waals surface area contributed by atoms with Gasteiger partial charge in [-0.15, -0.1) is 0 Å². The van der Waals surface area contributed by atoms with Gasteiger partial charge in [-0.05, 0) is 5.56 Å². The zero-order valence-corrected chi connectivity index (χ0v) is 10.9. The lowest BCUT2D eigenvalue weighted by molar-refractivity contribution is -0.310. The second-order valence-corrected chi connectivity index (χ2v) is 4.16. The molecule has 2 N–H and O–H groups in total. The molecule has 0 aliphatic heterocycles. The van der Waals surface area contributed by atoms with Gasteiger partial charge in [-0.25, -0.2) is 4.79 Å². The van der Waals surface area contributed by atoms with Crippen LogP contribution in [-0.2, 0) is 20.9 Å². The van der Waals surface area contributed by atoms with Crippen LogP contribution in [0.1, 0.15) is 12.0 Å². The summed E-state index contributed by atoms with van der Waals surface area (Å²) >= 11 is 0. The minimum atomic E-state index is -1.57. The van der Waals surface area contributed by atoms with Crippen molar-refractivity contribution in [1.82, 2.24) is 4.90 Å². The van der Waals surface area contributed by atoms with E-state index in [-0.39, 0.29) is 6.61 Å². The predicted molar refractivity (Wildman–Crippen MR) is 67.0 cm³/mol. The lowest BCUT2D eigenvalue weighted by Crippen LogP contribution is -2.50. The van der Waals surface area contributed by atoms with Crippen LogP contribution >= 0.6 is 0 Å². The molecule has 1 aromatic rings. The summed E-state index contributed by atoms with van der Waals surface area (Å²) in [6.07, 6.45) is -1.40. The number of likely N-dealkylation sites (N-methyl/N-ethyl adjacent to an activating group) is 1. The summed E-state index contributed by atoms with van der Waals surface area (Å²) < 4.78 is 4.95. The maximum absolute atomic E-state index is 11.7. The Labute approximate surface area is 115 Å². The smallest absolute Gasteiger partial charge is 0.410 e. The fourth-order valence-corrected chi connectivity index (χ4v) is 1.52. The molecular weight excluding hydrogens is 264 g/mol. The van der Waals surface area contributed by atoms with Gasteiger partial charge in [-0.3, -0.25) is 4.79 Å². The number of nitrogens with zero attached hydrogens (tertiary/aromatic N) is 1. The van der Waals surface area contributed by atoms with E-state index in [0.29, 0.717) is 0 Å². The fourth-order valence-electron chi connectivity index (χ4n) is 1.52. The Morgan fingerprint density at radius 2 is 1.90 bits per heavy atom. The van der Waals surface area contributed by atoms with Crippen LogP contribution in [0.3, 0.4) is 0 Å². The summed E-state index contributed by atoms with van der Waals surface area (Å²) in [5.74, 6) is -2.41. The van der Waals surface area contributed by atoms with E-state index in [1.54, 1.807) is 24.3 Å². The molecule has 7 nitrogen and oxygen atoms in total. The van der Waals surface area contributed by atoms with Crippen LogP contribution in [0.25, 0.3) is 0 Å². The highest BCUT2D eigenvalue weighted by molar-refractivity contribution is 5.85. The number of carboxylic acid groups (broad SMARTS) is 1. The molecule has 0 bridgehead atoms. The summed E-state index contributed by atoms with van der Waals surface area (Å²) in [5, 5.41) is 10.9. The molecule has 1 aromatic carbocycles. The SMILES string of the molecule is CN(C(=O)OCc1ccccc1)[C@@H](CC(N)=O)C(=O)[O-]. The van der Waals surface area contributed by atoms with E-state index in [4.69, 9.17) is 10.5 Å². The quantitative estimate of drug-likeness (QED) is 0.736. The molecular formula is C13H15N2O5-. The van der Waals surface area contributed by atoms with Gasteiger partial charge in [0.1, 0.15) is 6.61 Å². The van der Waals surface area contributed by atoms with Gasteiger partial charge in [0, 0.05) is 7.05 Å². The number of benzene rings is 1. The lowest BCUT2D eigenvalue weighted by Gasteiger charge is -2.27. The summed E-state index contributed by atoms with van der Waals surface area (Å²) in [6, 6.07) is 7.44. The van der Waals surface area contributed by atoms with Crippen molar-refractivity contribution in [3.05, 3.63) is 35.9 Å². The molecule has 7 heteroatoms. The molecule has 1 atom stereocenters. The lowest BCUT2D eigenvalue weighted by atomic mass is 10.2. The van der Waals surface area contributed by atoms with E-state index in [0.717, 1.165) is 10.5 Å². The Bertz CT molecular complexity index is 489. The molecule has 108 valence electrons. The first-order chi connectivity index (χ1) is 9.41. The number of amides is 2. The third-order valence-electron chi connectivity index (χ3n) is 2.63. The summed E-state index contributed by atoms with van der Waals surface area (Å²) in [4.78, 5) is 34.1. The van der Waals surface area contributed by atoms with Crippen molar-refractivity contribution in [3.8, 4) is 0 Å². The fraction of sp³-hybridized carbons (Fsp3) is 0.308. The van der Waals surface area contributed by atoms with Gasteiger partial charge in [0.05, 0.1) is 18.4 Å². The number of ether oxygens (including phenoxy) is 1. The van der Waals surface area contributed by atoms with Crippen molar-refractivity contribution >= 4 is 18.0 Å². The number of hydrogen-bond donors (Lipinski definition) is 1. The third-order valence-corrected chi connectivity index (χ3v) is 2.63. The second-order valence-electron chi connectivity index (χ2n) is 4.16. The van der Waals surface area contributed by atoms with Crippen molar-refractivity contribution in [1.29, 1.82) is 0 Å². The van der Waals surface area contributed by atoms with Crippen LogP contribution in [0, 0.1) is 0 Å². The average Bonchev–Trinajstić information content (AvgIpc) is 2.42. The van der Waals surface area contributed by atoms with Crippen molar-refractivity contribution in [2.75, 3.05) is 7.05 Å². The number of aliphatic carboxylic acids is 1. The van der Waals surface area contributed by atoms with Crippen LogP contribution in [0.5, 0.6) is 0 Å². The van der Waals surface area contributed by atoms with E-state index in [1.807, 2.05) is 6.07 Å². The largest absolute Gasteiger partial charge is 0.548 e. The average molecular weight is 279 g/mol. The van der Waals surface area contributed by atoms with Crippen LogP contribution in [0.4, 0.5) is 4.79 Å². The molecule has 0 radical (unpaired) electrons. The summed E-state index contributed by atoms with van der Waals surface area (Å²) in [7, 11) is 1.21. The first kappa shape index (κ1) is 15.5. The number of carboxylic acids is 1. The van der Waals surface area contributed by atoms with Gasteiger partial charge in [-0.2, -0.15) is 0 Å². The number of carbonyl (C=O) groups is 3. The van der Waals surface area contributed by atoms with Gasteiger partial charge >= 0.3 is 6.09 Å². The summed E-state index contributed by atoms with van der Waals surface area (Å²) in [6.45, 7) is 0.000350. The molecule has 0 saturated carbocycles. The van der Waals surface area contributed by atoms with E-state index in [1.165, 1.54) is 7.05 Å². The predicted octanol–water partition coefficient (Wildman–Crippen LogP) is -0.751. The number of primary amides is 1. The van der Waals surface area contributed by atoms with Gasteiger partial charge in [0.15, 0.2) is 0 Å². The van der Waals surface area contributed by atoms with E-state index < -0.39 is 30.4 Å². The van der Waals surface area contributed by atoms with E-state index in [2.05, 4.69) is 0 Å². The Morgan fingerprint density at radius 3 is 2.40 bits per heavy atom. The highest BCUT2D eigenvalue weighted by Gasteiger charge is 2.24. The van der Waals surface area contributed by atoms with Crippen LogP contribution in [0.2, 0.25) is 0 Å². The zero-order chi connectivity index (χ0) is 15.1. The highest BCUT2D eigenvalue weighted by atomic mass is 16.6. The molecule has 0 saturated heterocycles. The van der Waals surface area contributed by atoms with Gasteiger partial charge < -0.3 is 25.3 Å². The van der Waals surface area contributed by atoms with Gasteiger partial charge in [0.25, 0.3) is 0 Å². The molecule has 0 fully saturated rings. The minimum Gasteiger partial charge on any atom is -0.548 e. The second kappa shape index (κ2) is 7.13. The minimum absolute atomic E-state index is 0.000350. The molecule has 20 heavy (non-hydrogen) atoms. The molecule has 0 aliphatic carbocycles. The van der Waals surface area contributed by atoms with Crippen molar-refractivity contribution in [2.24, 2.45) is 5.73 Å². The molecule has 0 spiro atoms. The van der Waals surface area contributed by atoms with E-state index in [9.17, 15) is 19.5 Å². The number of carbonyl (C=O) groups excluding carboxylic acids is 3. The molecule has 0 heterocycles. The van der Waals surface area contributed by atoms with Crippen LogP contribution in [0.15, 0.2) is 30.3 Å². The number of nitrogens with two attached hydrogens (primary N) is 1. The van der Waals surface area contributed by atoms with Crippen LogP contribution < -0.4 is 10.8 Å². The number of rotatable bonds is 6. The first-order valence-corrected chi connectivity index (χ1v) is 5.84. The highest BCUT2D eigenvalue weighted by Crippen LogP contribution is 2.06. The Balaban J connectivity index is 2.60. The van der Waals surface area contributed by atoms with Crippen molar-refractivity contribution in [3.63, 3.8) is 0 Å². The monoisotopic (exact) mass is 279 g/mol. The maximum atomic E-state index is 11.7. The van der Waals surface area contributed by atoms with E-state index >= 15 is 0 Å². The third kappa shape index (κ3) is 4.60. The standard InChI is InChI=1S/C13H16N2O5/c1-15(10(12(17)18)7-11(14)16)13(19)20-8-9-5-3-2-4-6-9/h2-6,10H,7-8H2,1H3,(H2,14,16)(H,17,18)/p-1/t10-/m0/s1. The van der Waals surface area contributed by atoms with Gasteiger partial charge in [0.2, 0.25) is 5.91 Å². The first-order valence-electron chi connectivity index (χ1n) is 5.84. The van der Waals surface area contributed by atoms with Crippen LogP contribution in [-0.4, -0.2) is 36.0 Å². The normalized spacial score (nSPS) is 11.4. The molecule has 0 aliphatic rings. The Kier molecular flexibility index (Phi) is 5.52. The van der Waals surface area contributed by atoms with Crippen molar-refractivity contribution < 1.29 is 24.2 Å². The van der Waals surface area contributed by atoms with Gasteiger partial charge in [-0.1, -0.05) is 30.3 Å². The summed E-state index contributed by atoms with van der Waals surface area (Å²) in [5.41, 5.74) is 5.68. The Morgan fingerprint density at radius 1 is 1.30 bits per heavy atom. The molecule has 0 unspecified atom stereocenters. The topological polar surface area (TPSA) is 113 Å². The molecule has 2 amide bonds. The van der Waals surface area contributed by atoms with Crippen molar-refractivity contribution in [2.45, 2.75) is 19.1 Å². The zero-order valence-electron chi connectivity index (χ0n) is 10.9. The maximum Gasteiger partial charge on any atom is 0.410 e. The molecule has 0 aromatic heterocycles. The number of hydrogen-bond acceptors (Lipinski definition) is 5.